The van der Waals surface area contributed by atoms with Crippen molar-refractivity contribution in [2.24, 2.45) is 0 Å². The third-order valence-corrected chi connectivity index (χ3v) is 8.87. The third-order valence-electron chi connectivity index (χ3n) is 8.87. The van der Waals surface area contributed by atoms with Crippen molar-refractivity contribution in [3.63, 3.8) is 0 Å². The zero-order valence-corrected chi connectivity index (χ0v) is 23.8. The van der Waals surface area contributed by atoms with Gasteiger partial charge in [0, 0.05) is 24.6 Å². The number of anilines is 1. The zero-order chi connectivity index (χ0) is 28.2. The van der Waals surface area contributed by atoms with Crippen LogP contribution in [0.2, 0.25) is 0 Å². The second-order valence-electron chi connectivity index (χ2n) is 11.7. The Hall–Kier alpha value is -3.55. The molecular formula is C34H41N3O4. The van der Waals surface area contributed by atoms with E-state index in [1.54, 1.807) is 0 Å². The number of hydrogen-bond donors (Lipinski definition) is 4. The number of aliphatic hydroxyl groups excluding tert-OH is 1. The highest BCUT2D eigenvalue weighted by Crippen LogP contribution is 2.47. The highest BCUT2D eigenvalue weighted by atomic mass is 16.5. The number of ether oxygens (including phenoxy) is 2. The minimum absolute atomic E-state index is 0.0773. The molecule has 1 fully saturated rings. The quantitative estimate of drug-likeness (QED) is 0.299. The van der Waals surface area contributed by atoms with E-state index in [1.165, 1.54) is 18.4 Å². The van der Waals surface area contributed by atoms with Gasteiger partial charge in [-0.15, -0.1) is 0 Å². The SMILES string of the molecule is CCc1ccc2c(c1)[C@@H](NC[C@@H](O)[C@H](Cc1ccccc1)NC(=O)[C@@H]1CNc3ccccc3O1)CC1(CCCC1)O2. The molecule has 6 rings (SSSR count). The number of benzene rings is 3. The van der Waals surface area contributed by atoms with E-state index in [0.29, 0.717) is 25.3 Å². The molecule has 0 bridgehead atoms. The average molecular weight is 556 g/mol. The van der Waals surface area contributed by atoms with E-state index < -0.39 is 18.2 Å². The van der Waals surface area contributed by atoms with E-state index >= 15 is 0 Å². The summed E-state index contributed by atoms with van der Waals surface area (Å²) in [7, 11) is 0. The molecule has 3 aromatic carbocycles. The molecule has 4 N–H and O–H groups in total. The first-order chi connectivity index (χ1) is 20.0. The molecule has 2 heterocycles. The van der Waals surface area contributed by atoms with Crippen LogP contribution in [0.5, 0.6) is 11.5 Å². The lowest BCUT2D eigenvalue weighted by Crippen LogP contribution is -2.54. The Labute approximate surface area is 242 Å². The molecule has 7 nitrogen and oxygen atoms in total. The topological polar surface area (TPSA) is 91.9 Å². The van der Waals surface area contributed by atoms with Crippen LogP contribution in [0.25, 0.3) is 0 Å². The summed E-state index contributed by atoms with van der Waals surface area (Å²) in [6, 6.07) is 23.7. The van der Waals surface area contributed by atoms with Gasteiger partial charge < -0.3 is 30.5 Å². The summed E-state index contributed by atoms with van der Waals surface area (Å²) in [6.07, 6.45) is 5.38. The molecule has 1 amide bonds. The predicted molar refractivity (Wildman–Crippen MR) is 160 cm³/mol. The van der Waals surface area contributed by atoms with Gasteiger partial charge in [0.05, 0.1) is 24.4 Å². The van der Waals surface area contributed by atoms with Crippen molar-refractivity contribution in [1.29, 1.82) is 0 Å². The third kappa shape index (κ3) is 6.21. The Morgan fingerprint density at radius 2 is 1.80 bits per heavy atom. The summed E-state index contributed by atoms with van der Waals surface area (Å²) in [5.41, 5.74) is 4.24. The van der Waals surface area contributed by atoms with Crippen molar-refractivity contribution in [2.45, 2.75) is 81.8 Å². The lowest BCUT2D eigenvalue weighted by atomic mass is 9.85. The smallest absolute Gasteiger partial charge is 0.263 e. The largest absolute Gasteiger partial charge is 0.487 e. The molecule has 3 aromatic rings. The number of hydrogen-bond acceptors (Lipinski definition) is 6. The van der Waals surface area contributed by atoms with Gasteiger partial charge in [-0.1, -0.05) is 61.5 Å². The van der Waals surface area contributed by atoms with Crippen LogP contribution in [0, 0.1) is 0 Å². The fraction of sp³-hybridized carbons (Fsp3) is 0.441. The van der Waals surface area contributed by atoms with Gasteiger partial charge in [0.2, 0.25) is 0 Å². The summed E-state index contributed by atoms with van der Waals surface area (Å²) in [4.78, 5) is 13.4. The van der Waals surface area contributed by atoms with E-state index in [2.05, 4.69) is 41.1 Å². The molecule has 0 aromatic heterocycles. The normalized spacial score (nSPS) is 21.9. The number of amides is 1. The van der Waals surface area contributed by atoms with E-state index in [-0.39, 0.29) is 17.6 Å². The first kappa shape index (κ1) is 27.6. The zero-order valence-electron chi connectivity index (χ0n) is 23.8. The maximum Gasteiger partial charge on any atom is 0.263 e. The highest BCUT2D eigenvalue weighted by Gasteiger charge is 2.43. The van der Waals surface area contributed by atoms with E-state index in [4.69, 9.17) is 9.47 Å². The van der Waals surface area contributed by atoms with Crippen LogP contribution in [0.1, 0.15) is 61.8 Å². The summed E-state index contributed by atoms with van der Waals surface area (Å²) >= 11 is 0. The number of para-hydroxylation sites is 2. The molecule has 7 heteroatoms. The predicted octanol–water partition coefficient (Wildman–Crippen LogP) is 4.94. The molecular weight excluding hydrogens is 514 g/mol. The van der Waals surface area contributed by atoms with Crippen molar-refractivity contribution in [2.75, 3.05) is 18.4 Å². The molecule has 1 spiro atoms. The monoisotopic (exact) mass is 555 g/mol. The van der Waals surface area contributed by atoms with Gasteiger partial charge in [-0.3, -0.25) is 4.79 Å². The van der Waals surface area contributed by atoms with E-state index in [9.17, 15) is 9.90 Å². The van der Waals surface area contributed by atoms with Gasteiger partial charge in [-0.25, -0.2) is 0 Å². The number of fused-ring (bicyclic) bond motifs is 2. The molecule has 0 radical (unpaired) electrons. The second-order valence-corrected chi connectivity index (χ2v) is 11.7. The lowest BCUT2D eigenvalue weighted by Gasteiger charge is -2.41. The Bertz CT molecular complexity index is 1340. The lowest BCUT2D eigenvalue weighted by molar-refractivity contribution is -0.129. The molecule has 3 aliphatic rings. The first-order valence-electron chi connectivity index (χ1n) is 15.1. The van der Waals surface area contributed by atoms with Crippen molar-refractivity contribution in [1.82, 2.24) is 10.6 Å². The molecule has 0 unspecified atom stereocenters. The molecule has 1 aliphatic carbocycles. The molecule has 0 saturated heterocycles. The Kier molecular flexibility index (Phi) is 8.17. The molecule has 1 saturated carbocycles. The number of carbonyl (C=O) groups is 1. The van der Waals surface area contributed by atoms with Crippen molar-refractivity contribution < 1.29 is 19.4 Å². The summed E-state index contributed by atoms with van der Waals surface area (Å²) < 4.78 is 12.6. The van der Waals surface area contributed by atoms with Gasteiger partial charge in [-0.2, -0.15) is 0 Å². The number of carbonyl (C=O) groups excluding carboxylic acids is 1. The van der Waals surface area contributed by atoms with Crippen LogP contribution in [0.15, 0.2) is 72.8 Å². The number of rotatable bonds is 9. The van der Waals surface area contributed by atoms with Crippen molar-refractivity contribution in [3.05, 3.63) is 89.5 Å². The van der Waals surface area contributed by atoms with Crippen LogP contribution in [0.4, 0.5) is 5.69 Å². The first-order valence-corrected chi connectivity index (χ1v) is 15.1. The van der Waals surface area contributed by atoms with Gasteiger partial charge in [-0.05, 0) is 67.9 Å². The maximum absolute atomic E-state index is 13.4. The standard InChI is InChI=1S/C34H41N3O4/c1-2-23-14-15-30-25(18-23)28(20-34(41-30)16-8-9-17-34)35-21-29(38)27(19-24-10-4-3-5-11-24)37-33(39)32-22-36-26-12-6-7-13-31(26)40-32/h3-7,10-15,18,27-29,32,35-36,38H,2,8-9,16-17,19-22H2,1H3,(H,37,39)/t27-,28-,29+,32-/m0/s1. The molecule has 216 valence electrons. The fourth-order valence-corrected chi connectivity index (χ4v) is 6.54. The Balaban J connectivity index is 1.17. The molecule has 41 heavy (non-hydrogen) atoms. The van der Waals surface area contributed by atoms with Crippen molar-refractivity contribution >= 4 is 11.6 Å². The molecule has 2 aliphatic heterocycles. The maximum atomic E-state index is 13.4. The number of aryl methyl sites for hydroxylation is 1. The van der Waals surface area contributed by atoms with E-state index in [1.807, 2.05) is 54.6 Å². The van der Waals surface area contributed by atoms with Crippen LogP contribution in [-0.4, -0.2) is 48.0 Å². The van der Waals surface area contributed by atoms with Crippen molar-refractivity contribution in [3.8, 4) is 11.5 Å². The van der Waals surface area contributed by atoms with Gasteiger partial charge >= 0.3 is 0 Å². The van der Waals surface area contributed by atoms with Crippen LogP contribution >= 0.6 is 0 Å². The minimum Gasteiger partial charge on any atom is -0.487 e. The Morgan fingerprint density at radius 3 is 2.61 bits per heavy atom. The van der Waals surface area contributed by atoms with Gasteiger partial charge in [0.1, 0.15) is 17.1 Å². The fourth-order valence-electron chi connectivity index (χ4n) is 6.54. The van der Waals surface area contributed by atoms with Crippen LogP contribution in [0.3, 0.4) is 0 Å². The second kappa shape index (κ2) is 12.1. The highest BCUT2D eigenvalue weighted by molar-refractivity contribution is 5.83. The number of nitrogens with one attached hydrogen (secondary N) is 3. The summed E-state index contributed by atoms with van der Waals surface area (Å²) in [5.74, 6) is 1.38. The average Bonchev–Trinajstić information content (AvgIpc) is 3.46. The van der Waals surface area contributed by atoms with E-state index in [0.717, 1.165) is 48.2 Å². The Morgan fingerprint density at radius 1 is 1.02 bits per heavy atom. The summed E-state index contributed by atoms with van der Waals surface area (Å²) in [5, 5.41) is 21.6. The van der Waals surface area contributed by atoms with Gasteiger partial charge in [0.25, 0.3) is 5.91 Å². The van der Waals surface area contributed by atoms with Crippen LogP contribution < -0.4 is 25.4 Å². The minimum atomic E-state index is -0.803. The van der Waals surface area contributed by atoms with Gasteiger partial charge in [0.15, 0.2) is 6.10 Å². The molecule has 4 atom stereocenters. The number of aliphatic hydroxyl groups is 1. The van der Waals surface area contributed by atoms with Crippen LogP contribution in [-0.2, 0) is 17.6 Å². The summed E-state index contributed by atoms with van der Waals surface area (Å²) in [6.45, 7) is 2.88.